The molecule has 11 heteroatoms. The van der Waals surface area contributed by atoms with Crippen LogP contribution in [0.1, 0.15) is 32.6 Å². The molecular weight excluding hydrogens is 555 g/mol. The molecule has 1 unspecified atom stereocenters. The second kappa shape index (κ2) is 12.5. The van der Waals surface area contributed by atoms with Gasteiger partial charge in [0.2, 0.25) is 5.88 Å². The Balaban J connectivity index is 1.21. The molecule has 224 valence electrons. The molecule has 2 aliphatic rings. The number of methoxy groups -OCH3 is 1. The summed E-state index contributed by atoms with van der Waals surface area (Å²) in [5.41, 5.74) is 4.33. The first kappa shape index (κ1) is 28.8. The predicted molar refractivity (Wildman–Crippen MR) is 155 cm³/mol. The van der Waals surface area contributed by atoms with Gasteiger partial charge in [-0.1, -0.05) is 30.3 Å². The summed E-state index contributed by atoms with van der Waals surface area (Å²) in [6, 6.07) is 14.8. The van der Waals surface area contributed by atoms with Gasteiger partial charge in [-0.3, -0.25) is 4.90 Å². The average Bonchev–Trinajstić information content (AvgIpc) is 3.47. The van der Waals surface area contributed by atoms with Crippen molar-refractivity contribution >= 4 is 5.97 Å². The number of halogens is 1. The van der Waals surface area contributed by atoms with Crippen LogP contribution >= 0.6 is 0 Å². The molecule has 2 aliphatic heterocycles. The molecule has 1 saturated heterocycles. The minimum absolute atomic E-state index is 0.0510. The maximum absolute atomic E-state index is 15.7. The lowest BCUT2D eigenvalue weighted by Crippen LogP contribution is -2.42. The van der Waals surface area contributed by atoms with E-state index in [1.165, 1.54) is 18.0 Å². The Labute approximate surface area is 248 Å². The number of benzene rings is 2. The third-order valence-electron chi connectivity index (χ3n) is 7.80. The molecular formula is C32H33FN4O6. The van der Waals surface area contributed by atoms with Crippen LogP contribution in [0.25, 0.3) is 17.1 Å². The molecule has 1 atom stereocenters. The van der Waals surface area contributed by atoms with Crippen LogP contribution in [0.15, 0.2) is 54.7 Å². The van der Waals surface area contributed by atoms with Gasteiger partial charge < -0.3 is 24.1 Å². The fraction of sp³-hybridized carbons (Fsp3) is 0.344. The van der Waals surface area contributed by atoms with E-state index in [0.717, 1.165) is 29.8 Å². The number of carboxylic acid groups (broad SMARTS) is 1. The third kappa shape index (κ3) is 5.96. The van der Waals surface area contributed by atoms with Gasteiger partial charge in [0.25, 0.3) is 0 Å². The summed E-state index contributed by atoms with van der Waals surface area (Å²) >= 11 is 0. The smallest absolute Gasteiger partial charge is 0.342 e. The zero-order valence-corrected chi connectivity index (χ0v) is 24.1. The van der Waals surface area contributed by atoms with E-state index in [4.69, 9.17) is 23.9 Å². The number of rotatable bonds is 9. The SMILES string of the molecule is COc1c(C(=O)O)cnn1-c1cccc(-c2cccc(C)c2OCc2ccc3c(c2F)CCN(CC2COCCO2)C3)n1. The largest absolute Gasteiger partial charge is 0.488 e. The van der Waals surface area contributed by atoms with Crippen molar-refractivity contribution in [2.75, 3.05) is 40.0 Å². The number of nitrogens with zero attached hydrogens (tertiary/aromatic N) is 4. The van der Waals surface area contributed by atoms with E-state index in [1.807, 2.05) is 37.3 Å². The van der Waals surface area contributed by atoms with Crippen LogP contribution in [0, 0.1) is 12.7 Å². The van der Waals surface area contributed by atoms with Gasteiger partial charge in [0.1, 0.15) is 23.7 Å². The number of ether oxygens (including phenoxy) is 4. The number of aryl methyl sites for hydroxylation is 1. The summed E-state index contributed by atoms with van der Waals surface area (Å²) in [4.78, 5) is 18.6. The molecule has 6 rings (SSSR count). The minimum atomic E-state index is -1.15. The van der Waals surface area contributed by atoms with Gasteiger partial charge in [0.05, 0.1) is 44.9 Å². The topological polar surface area (TPSA) is 108 Å². The lowest BCUT2D eigenvalue weighted by molar-refractivity contribution is -0.0985. The standard InChI is InChI=1S/C32H33FN4O6/c1-20-5-3-6-25(27-7-4-8-28(35-27)37-31(40-2)26(15-34-37)32(38)39)30(20)43-18-22-10-9-21-16-36(12-11-24(21)29(22)33)17-23-19-41-13-14-42-23/h3-10,15,23H,11-14,16-19H2,1-2H3,(H,38,39). The fourth-order valence-electron chi connectivity index (χ4n) is 5.65. The number of aromatic carboxylic acids is 1. The predicted octanol–water partition coefficient (Wildman–Crippen LogP) is 4.44. The van der Waals surface area contributed by atoms with Crippen molar-refractivity contribution in [3.63, 3.8) is 0 Å². The van der Waals surface area contributed by atoms with E-state index >= 15 is 4.39 Å². The molecule has 1 fully saturated rings. The lowest BCUT2D eigenvalue weighted by Gasteiger charge is -2.33. The van der Waals surface area contributed by atoms with Crippen LogP contribution in [0.3, 0.4) is 0 Å². The molecule has 0 radical (unpaired) electrons. The third-order valence-corrected chi connectivity index (χ3v) is 7.80. The molecule has 1 N–H and O–H groups in total. The molecule has 4 heterocycles. The highest BCUT2D eigenvalue weighted by molar-refractivity contribution is 5.90. The first-order chi connectivity index (χ1) is 20.9. The van der Waals surface area contributed by atoms with Crippen molar-refractivity contribution < 1.29 is 33.2 Å². The van der Waals surface area contributed by atoms with E-state index in [2.05, 4.69) is 10.00 Å². The second-order valence-electron chi connectivity index (χ2n) is 10.6. The van der Waals surface area contributed by atoms with Crippen molar-refractivity contribution in [2.24, 2.45) is 0 Å². The number of fused-ring (bicyclic) bond motifs is 1. The van der Waals surface area contributed by atoms with Crippen molar-refractivity contribution in [1.82, 2.24) is 19.7 Å². The van der Waals surface area contributed by atoms with E-state index < -0.39 is 5.97 Å². The van der Waals surface area contributed by atoms with Crippen molar-refractivity contribution in [3.05, 3.63) is 88.4 Å². The summed E-state index contributed by atoms with van der Waals surface area (Å²) in [5, 5.41) is 13.6. The van der Waals surface area contributed by atoms with Gasteiger partial charge in [-0.25, -0.2) is 14.2 Å². The van der Waals surface area contributed by atoms with Gasteiger partial charge >= 0.3 is 5.97 Å². The maximum atomic E-state index is 15.7. The number of carboxylic acids is 1. The number of para-hydroxylation sites is 1. The molecule has 0 amide bonds. The fourth-order valence-corrected chi connectivity index (χ4v) is 5.65. The van der Waals surface area contributed by atoms with E-state index in [1.54, 1.807) is 18.2 Å². The Kier molecular flexibility index (Phi) is 8.37. The van der Waals surface area contributed by atoms with E-state index in [9.17, 15) is 9.90 Å². The van der Waals surface area contributed by atoms with Crippen LogP contribution in [-0.4, -0.2) is 76.9 Å². The molecule has 10 nitrogen and oxygen atoms in total. The summed E-state index contributed by atoms with van der Waals surface area (Å²) in [6.45, 7) is 6.03. The van der Waals surface area contributed by atoms with Crippen LogP contribution in [0.5, 0.6) is 11.6 Å². The Morgan fingerprint density at radius 3 is 2.81 bits per heavy atom. The second-order valence-corrected chi connectivity index (χ2v) is 10.6. The normalized spacial score (nSPS) is 17.0. The highest BCUT2D eigenvalue weighted by Crippen LogP contribution is 2.34. The number of hydrogen-bond acceptors (Lipinski definition) is 8. The van der Waals surface area contributed by atoms with Crippen LogP contribution in [-0.2, 0) is 29.0 Å². The highest BCUT2D eigenvalue weighted by Gasteiger charge is 2.25. The molecule has 2 aromatic carbocycles. The molecule has 43 heavy (non-hydrogen) atoms. The monoisotopic (exact) mass is 588 g/mol. The molecule has 0 spiro atoms. The summed E-state index contributed by atoms with van der Waals surface area (Å²) in [7, 11) is 1.38. The summed E-state index contributed by atoms with van der Waals surface area (Å²) in [6.07, 6.45) is 1.90. The van der Waals surface area contributed by atoms with Gasteiger partial charge in [-0.2, -0.15) is 9.78 Å². The zero-order valence-electron chi connectivity index (χ0n) is 24.1. The van der Waals surface area contributed by atoms with Gasteiger partial charge in [-0.15, -0.1) is 0 Å². The number of aromatic nitrogens is 3. The molecule has 4 aromatic rings. The number of hydrogen-bond donors (Lipinski definition) is 1. The van der Waals surface area contributed by atoms with Crippen molar-refractivity contribution in [1.29, 1.82) is 0 Å². The van der Waals surface area contributed by atoms with Crippen LogP contribution < -0.4 is 9.47 Å². The minimum Gasteiger partial charge on any atom is -0.488 e. The highest BCUT2D eigenvalue weighted by atomic mass is 19.1. The molecule has 0 aliphatic carbocycles. The Bertz CT molecular complexity index is 1630. The number of carbonyl (C=O) groups is 1. The molecule has 0 bridgehead atoms. The summed E-state index contributed by atoms with van der Waals surface area (Å²) in [5.74, 6) is -0.329. The molecule has 0 saturated carbocycles. The summed E-state index contributed by atoms with van der Waals surface area (Å²) < 4.78 is 40.0. The molecule has 2 aromatic heterocycles. The maximum Gasteiger partial charge on any atom is 0.342 e. The lowest BCUT2D eigenvalue weighted by atomic mass is 9.96. The van der Waals surface area contributed by atoms with Crippen molar-refractivity contribution in [2.45, 2.75) is 32.6 Å². The quantitative estimate of drug-likeness (QED) is 0.304. The first-order valence-corrected chi connectivity index (χ1v) is 14.2. The van der Waals surface area contributed by atoms with Crippen molar-refractivity contribution in [3.8, 4) is 28.7 Å². The van der Waals surface area contributed by atoms with Crippen LogP contribution in [0.2, 0.25) is 0 Å². The first-order valence-electron chi connectivity index (χ1n) is 14.2. The van der Waals surface area contributed by atoms with Crippen LogP contribution in [0.4, 0.5) is 4.39 Å². The number of pyridine rings is 1. The zero-order chi connectivity index (χ0) is 29.9. The van der Waals surface area contributed by atoms with E-state index in [0.29, 0.717) is 61.2 Å². The van der Waals surface area contributed by atoms with Gasteiger partial charge in [0.15, 0.2) is 5.82 Å². The van der Waals surface area contributed by atoms with E-state index in [-0.39, 0.29) is 30.0 Å². The van der Waals surface area contributed by atoms with Gasteiger partial charge in [-0.05, 0) is 48.2 Å². The van der Waals surface area contributed by atoms with Gasteiger partial charge in [0, 0.05) is 30.8 Å². The Morgan fingerprint density at radius 2 is 2.02 bits per heavy atom. The average molecular weight is 589 g/mol. The Hall–Kier alpha value is -4.32. The Morgan fingerprint density at radius 1 is 1.16 bits per heavy atom.